The zero-order valence-electron chi connectivity index (χ0n) is 12.0. The Morgan fingerprint density at radius 1 is 1.05 bits per heavy atom. The fourth-order valence-corrected chi connectivity index (χ4v) is 4.46. The van der Waals surface area contributed by atoms with Crippen molar-refractivity contribution in [1.82, 2.24) is 9.21 Å². The minimum Gasteiger partial charge on any atom is -0.468 e. The third-order valence-electron chi connectivity index (χ3n) is 3.75. The number of piperazine rings is 1. The lowest BCUT2D eigenvalue weighted by atomic mass is 10.3. The average molecular weight is 341 g/mol. The normalized spacial score (nSPS) is 17.7. The molecule has 2 aromatic rings. The highest BCUT2D eigenvalue weighted by Crippen LogP contribution is 2.25. The number of furan rings is 1. The van der Waals surface area contributed by atoms with Crippen LogP contribution in [-0.2, 0) is 16.6 Å². The number of benzene rings is 1. The van der Waals surface area contributed by atoms with Crippen molar-refractivity contribution in [2.45, 2.75) is 11.4 Å². The molecule has 22 heavy (non-hydrogen) atoms. The van der Waals surface area contributed by atoms with Gasteiger partial charge in [0.2, 0.25) is 10.0 Å². The first kappa shape index (κ1) is 15.6. The Hall–Kier alpha value is -1.34. The molecule has 3 rings (SSSR count). The summed E-state index contributed by atoms with van der Waals surface area (Å²) >= 11 is 6.02. The van der Waals surface area contributed by atoms with E-state index in [0.29, 0.717) is 32.7 Å². The average Bonchev–Trinajstić information content (AvgIpc) is 3.01. The first-order valence-corrected chi connectivity index (χ1v) is 8.88. The van der Waals surface area contributed by atoms with Crippen LogP contribution in [0.1, 0.15) is 5.76 Å². The Labute approximate surface area is 135 Å². The van der Waals surface area contributed by atoms with Gasteiger partial charge in [-0.2, -0.15) is 4.31 Å². The van der Waals surface area contributed by atoms with E-state index in [0.717, 1.165) is 5.76 Å². The minimum atomic E-state index is -3.53. The maximum absolute atomic E-state index is 12.6. The van der Waals surface area contributed by atoms with Crippen LogP contribution < -0.4 is 0 Å². The van der Waals surface area contributed by atoms with Crippen molar-refractivity contribution in [1.29, 1.82) is 0 Å². The first-order valence-electron chi connectivity index (χ1n) is 7.07. The van der Waals surface area contributed by atoms with E-state index in [2.05, 4.69) is 4.90 Å². The number of hydrogen-bond donors (Lipinski definition) is 0. The van der Waals surface area contributed by atoms with Crippen LogP contribution in [0.3, 0.4) is 0 Å². The molecule has 1 aliphatic heterocycles. The molecule has 0 amide bonds. The van der Waals surface area contributed by atoms with E-state index < -0.39 is 10.0 Å². The molecule has 2 heterocycles. The highest BCUT2D eigenvalue weighted by atomic mass is 35.5. The largest absolute Gasteiger partial charge is 0.468 e. The van der Waals surface area contributed by atoms with E-state index in [4.69, 9.17) is 16.0 Å². The van der Waals surface area contributed by atoms with Crippen molar-refractivity contribution in [3.63, 3.8) is 0 Å². The van der Waals surface area contributed by atoms with Crippen molar-refractivity contribution in [2.24, 2.45) is 0 Å². The number of sulfonamides is 1. The van der Waals surface area contributed by atoms with E-state index in [9.17, 15) is 8.42 Å². The first-order chi connectivity index (χ1) is 10.6. The van der Waals surface area contributed by atoms with Gasteiger partial charge in [-0.15, -0.1) is 0 Å². The molecule has 1 fully saturated rings. The lowest BCUT2D eigenvalue weighted by Gasteiger charge is -2.33. The van der Waals surface area contributed by atoms with Gasteiger partial charge in [0.15, 0.2) is 0 Å². The summed E-state index contributed by atoms with van der Waals surface area (Å²) in [7, 11) is -3.53. The van der Waals surface area contributed by atoms with Gasteiger partial charge in [0.25, 0.3) is 0 Å². The van der Waals surface area contributed by atoms with E-state index in [1.165, 1.54) is 4.31 Å². The van der Waals surface area contributed by atoms with Gasteiger partial charge in [-0.25, -0.2) is 8.42 Å². The van der Waals surface area contributed by atoms with Crippen LogP contribution in [0.2, 0.25) is 5.02 Å². The SMILES string of the molecule is O=S(=O)(c1ccccc1Cl)N1CCN(Cc2ccco2)CC1. The smallest absolute Gasteiger partial charge is 0.244 e. The van der Waals surface area contributed by atoms with Crippen molar-refractivity contribution in [3.8, 4) is 0 Å². The molecule has 118 valence electrons. The fraction of sp³-hybridized carbons (Fsp3) is 0.333. The maximum atomic E-state index is 12.6. The Morgan fingerprint density at radius 2 is 1.77 bits per heavy atom. The molecule has 0 spiro atoms. The predicted octanol–water partition coefficient (Wildman–Crippen LogP) is 2.44. The summed E-state index contributed by atoms with van der Waals surface area (Å²) in [6, 6.07) is 10.3. The molecule has 7 heteroatoms. The molecule has 0 radical (unpaired) electrons. The molecule has 1 aliphatic rings. The summed E-state index contributed by atoms with van der Waals surface area (Å²) in [5.74, 6) is 0.891. The lowest BCUT2D eigenvalue weighted by Crippen LogP contribution is -2.48. The Balaban J connectivity index is 1.67. The van der Waals surface area contributed by atoms with Crippen LogP contribution in [0.5, 0.6) is 0 Å². The topological polar surface area (TPSA) is 53.8 Å². The molecule has 1 saturated heterocycles. The third-order valence-corrected chi connectivity index (χ3v) is 6.14. The van der Waals surface area contributed by atoms with Crippen molar-refractivity contribution in [2.75, 3.05) is 26.2 Å². The lowest BCUT2D eigenvalue weighted by molar-refractivity contribution is 0.171. The summed E-state index contributed by atoms with van der Waals surface area (Å²) in [4.78, 5) is 2.36. The summed E-state index contributed by atoms with van der Waals surface area (Å²) in [6.45, 7) is 2.95. The van der Waals surface area contributed by atoms with Crippen LogP contribution in [-0.4, -0.2) is 43.8 Å². The molecule has 0 atom stereocenters. The molecule has 0 saturated carbocycles. The second-order valence-corrected chi connectivity index (χ2v) is 7.50. The second kappa shape index (κ2) is 6.42. The van der Waals surface area contributed by atoms with Crippen molar-refractivity contribution in [3.05, 3.63) is 53.4 Å². The van der Waals surface area contributed by atoms with Crippen molar-refractivity contribution < 1.29 is 12.8 Å². The quantitative estimate of drug-likeness (QED) is 0.857. The van der Waals surface area contributed by atoms with Crippen LogP contribution in [0.15, 0.2) is 52.0 Å². The number of halogens is 1. The Bertz CT molecular complexity index is 723. The van der Waals surface area contributed by atoms with Gasteiger partial charge in [0.1, 0.15) is 10.7 Å². The Morgan fingerprint density at radius 3 is 2.41 bits per heavy atom. The van der Waals surface area contributed by atoms with E-state index in [-0.39, 0.29) is 9.92 Å². The zero-order valence-corrected chi connectivity index (χ0v) is 13.6. The van der Waals surface area contributed by atoms with Gasteiger partial charge in [0.05, 0.1) is 17.8 Å². The number of nitrogens with zero attached hydrogens (tertiary/aromatic N) is 2. The highest BCUT2D eigenvalue weighted by Gasteiger charge is 2.29. The number of rotatable bonds is 4. The van der Waals surface area contributed by atoms with Crippen molar-refractivity contribution >= 4 is 21.6 Å². The van der Waals surface area contributed by atoms with Gasteiger partial charge < -0.3 is 4.42 Å². The van der Waals surface area contributed by atoms with Gasteiger partial charge >= 0.3 is 0 Å². The van der Waals surface area contributed by atoms with Crippen LogP contribution in [0, 0.1) is 0 Å². The molecule has 0 aliphatic carbocycles. The fourth-order valence-electron chi connectivity index (χ4n) is 2.54. The monoisotopic (exact) mass is 340 g/mol. The van der Waals surface area contributed by atoms with E-state index in [1.54, 1.807) is 30.5 Å². The molecule has 1 aromatic heterocycles. The van der Waals surface area contributed by atoms with E-state index >= 15 is 0 Å². The standard InChI is InChI=1S/C15H17ClN2O3S/c16-14-5-1-2-6-15(14)22(19,20)18-9-7-17(8-10-18)12-13-4-3-11-21-13/h1-6,11H,7-10,12H2. The van der Waals surface area contributed by atoms with Gasteiger partial charge in [-0.1, -0.05) is 23.7 Å². The van der Waals surface area contributed by atoms with Crippen LogP contribution in [0.25, 0.3) is 0 Å². The Kier molecular flexibility index (Phi) is 4.54. The van der Waals surface area contributed by atoms with Gasteiger partial charge in [-0.05, 0) is 24.3 Å². The number of hydrogen-bond acceptors (Lipinski definition) is 4. The van der Waals surface area contributed by atoms with E-state index in [1.807, 2.05) is 12.1 Å². The molecule has 0 bridgehead atoms. The highest BCUT2D eigenvalue weighted by molar-refractivity contribution is 7.89. The summed E-state index contributed by atoms with van der Waals surface area (Å²) in [6.07, 6.45) is 1.65. The predicted molar refractivity (Wildman–Crippen MR) is 84.2 cm³/mol. The maximum Gasteiger partial charge on any atom is 0.244 e. The molecule has 0 N–H and O–H groups in total. The van der Waals surface area contributed by atoms with Crippen LogP contribution >= 0.6 is 11.6 Å². The molecular formula is C15H17ClN2O3S. The second-order valence-electron chi connectivity index (χ2n) is 5.19. The summed E-state index contributed by atoms with van der Waals surface area (Å²) in [5, 5.41) is 0.264. The molecule has 1 aromatic carbocycles. The summed E-state index contributed by atoms with van der Waals surface area (Å²) in [5.41, 5.74) is 0. The molecular weight excluding hydrogens is 324 g/mol. The van der Waals surface area contributed by atoms with Gasteiger partial charge in [-0.3, -0.25) is 4.90 Å². The molecule has 0 unspecified atom stereocenters. The molecule has 5 nitrogen and oxygen atoms in total. The zero-order chi connectivity index (χ0) is 15.6. The minimum absolute atomic E-state index is 0.177. The third kappa shape index (κ3) is 3.20. The van der Waals surface area contributed by atoms with Crippen LogP contribution in [0.4, 0.5) is 0 Å². The van der Waals surface area contributed by atoms with Gasteiger partial charge in [0, 0.05) is 26.2 Å². The summed E-state index contributed by atoms with van der Waals surface area (Å²) < 4.78 is 32.1.